The first-order chi connectivity index (χ1) is 17.9. The van der Waals surface area contributed by atoms with Gasteiger partial charge in [-0.25, -0.2) is 0 Å². The third-order valence-electron chi connectivity index (χ3n) is 5.28. The molecule has 0 spiro atoms. The molecule has 0 aliphatic heterocycles. The Kier molecular flexibility index (Phi) is 56.4. The van der Waals surface area contributed by atoms with E-state index in [1.165, 1.54) is 4.90 Å². The molecule has 1 unspecified atom stereocenters. The maximum Gasteiger partial charge on any atom is 1.00 e. The van der Waals surface area contributed by atoms with Crippen LogP contribution < -0.4 is 241 Å². The molecule has 18 nitrogen and oxygen atoms in total. The molecule has 30 heteroatoms. The second-order valence-electron chi connectivity index (χ2n) is 9.58. The van der Waals surface area contributed by atoms with E-state index < -0.39 is 69.4 Å². The second kappa shape index (κ2) is 36.7. The second-order valence-corrected chi connectivity index (χ2v) is 17.3. The van der Waals surface area contributed by atoms with Gasteiger partial charge in [0.15, 0.2) is 0 Å². The van der Waals surface area contributed by atoms with Crippen LogP contribution in [0.3, 0.4) is 0 Å². The average Bonchev–Trinajstić information content (AvgIpc) is 2.66. The summed E-state index contributed by atoms with van der Waals surface area (Å²) in [5.41, 5.74) is 0. The van der Waals surface area contributed by atoms with Gasteiger partial charge >= 0.3 is 214 Å². The number of unbranched alkanes of at least 4 members (excludes halogenated alkanes) is 6. The van der Waals surface area contributed by atoms with Gasteiger partial charge in [0.25, 0.3) is 0 Å². The molecule has 0 aromatic rings. The van der Waals surface area contributed by atoms with Crippen LogP contribution in [0.5, 0.6) is 0 Å². The van der Waals surface area contributed by atoms with Crippen LogP contribution >= 0.6 is 38.0 Å². The molecule has 1 atom stereocenters. The zero-order valence-electron chi connectivity index (χ0n) is 28.8. The van der Waals surface area contributed by atoms with Crippen LogP contribution in [0.2, 0.25) is 0 Å². The van der Waals surface area contributed by atoms with E-state index in [1.54, 1.807) is 0 Å². The van der Waals surface area contributed by atoms with Gasteiger partial charge in [0.05, 0.1) is 6.29 Å². The fourth-order valence-electron chi connectivity index (χ4n) is 3.92. The van der Waals surface area contributed by atoms with E-state index in [9.17, 15) is 57.1 Å². The predicted octanol–water partition coefficient (Wildman–Crippen LogP) is -24.7. The largest absolute Gasteiger partial charge is 1.00 e. The summed E-state index contributed by atoms with van der Waals surface area (Å²) in [6.45, 7) is 0.332. The SMILES string of the molecule is O=P([O-])([O-])CN(CCCCCCN(CP(=O)([O-])[O-])CP(=O)([O-])[O-])CCCCCCN(CP(=O)([O-])O)CP(=O)(O)O.[Na+].[Na+].[Na+].[Na+].[Na+].[Na+].[Na+]. The van der Waals surface area contributed by atoms with Crippen molar-refractivity contribution in [1.82, 2.24) is 14.7 Å². The summed E-state index contributed by atoms with van der Waals surface area (Å²) in [6.07, 6.45) is -1.21. The molecule has 0 heterocycles. The van der Waals surface area contributed by atoms with Crippen molar-refractivity contribution >= 4 is 38.0 Å². The van der Waals surface area contributed by atoms with Gasteiger partial charge in [-0.3, -0.25) is 19.3 Å². The van der Waals surface area contributed by atoms with Crippen molar-refractivity contribution in [2.24, 2.45) is 0 Å². The molecule has 0 aliphatic carbocycles. The van der Waals surface area contributed by atoms with Crippen LogP contribution in [0.25, 0.3) is 0 Å². The number of nitrogens with zero attached hydrogens (tertiary/aromatic N) is 3. The Hall–Kier alpha value is 7.63. The molecule has 3 N–H and O–H groups in total. The van der Waals surface area contributed by atoms with E-state index in [-0.39, 0.29) is 240 Å². The molecular weight excluding hydrogens is 802 g/mol. The minimum absolute atomic E-state index is 0. The van der Waals surface area contributed by atoms with E-state index in [0.29, 0.717) is 44.9 Å². The van der Waals surface area contributed by atoms with E-state index in [2.05, 4.69) is 0 Å². The van der Waals surface area contributed by atoms with E-state index in [0.717, 1.165) is 9.80 Å². The Morgan fingerprint density at radius 2 is 0.596 bits per heavy atom. The van der Waals surface area contributed by atoms with Gasteiger partial charge in [-0.1, -0.05) is 48.5 Å². The van der Waals surface area contributed by atoms with Crippen LogP contribution in [0, 0.1) is 0 Å². The maximum absolute atomic E-state index is 11.3. The molecule has 0 rings (SSSR count). The van der Waals surface area contributed by atoms with Gasteiger partial charge < -0.3 is 67.2 Å². The Balaban J connectivity index is -0.000000362. The van der Waals surface area contributed by atoms with Gasteiger partial charge in [-0.05, 0) is 51.9 Å². The first kappa shape index (κ1) is 72.3. The van der Waals surface area contributed by atoms with Crippen LogP contribution in [-0.2, 0) is 22.8 Å². The third-order valence-corrected chi connectivity index (χ3v) is 9.05. The molecule has 0 saturated carbocycles. The van der Waals surface area contributed by atoms with Crippen molar-refractivity contribution in [3.05, 3.63) is 0 Å². The summed E-state index contributed by atoms with van der Waals surface area (Å²) >= 11 is 0. The standard InChI is InChI=1S/C17H44N3O15P5.7Na/c21-36(22,23)13-18(9-5-1-3-7-11-19(14-37(24,25)26)15-38(27,28)29)10-6-2-4-8-12-20(16-39(30,31)32)17-40(33,34)35;;;;;;;/h1-17H2,(H2,21,22,23)(H2,24,25,26)(H2,27,28,29)(H2,30,31,32)(H2,33,34,35);;;;;;;/q;7*+1/p-7. The van der Waals surface area contributed by atoms with Crippen LogP contribution in [0.4, 0.5) is 0 Å². The van der Waals surface area contributed by atoms with Gasteiger partial charge in [-0.2, -0.15) is 0 Å². The monoisotopic (exact) mass is 839 g/mol. The number of hydrogen-bond acceptors (Lipinski definition) is 15. The first-order valence-corrected chi connectivity index (χ1v) is 21.0. The van der Waals surface area contributed by atoms with Crippen LogP contribution in [-0.4, -0.2) is 87.0 Å². The van der Waals surface area contributed by atoms with Gasteiger partial charge in [0, 0.05) is 18.9 Å². The smallest absolute Gasteiger partial charge is 0.810 e. The molecule has 0 aliphatic rings. The van der Waals surface area contributed by atoms with E-state index >= 15 is 0 Å². The summed E-state index contributed by atoms with van der Waals surface area (Å²) in [6, 6.07) is 0. The molecule has 0 saturated heterocycles. The van der Waals surface area contributed by atoms with Crippen molar-refractivity contribution in [3.63, 3.8) is 0 Å². The number of hydrogen-bond donors (Lipinski definition) is 3. The van der Waals surface area contributed by atoms with Crippen LogP contribution in [0.1, 0.15) is 51.4 Å². The Bertz CT molecular complexity index is 875. The van der Waals surface area contributed by atoms with Crippen molar-refractivity contribution < 1.29 is 279 Å². The summed E-state index contributed by atoms with van der Waals surface area (Å²) in [5.74, 6) is 0. The van der Waals surface area contributed by atoms with Crippen LogP contribution in [0.15, 0.2) is 0 Å². The molecule has 242 valence electrons. The zero-order valence-corrected chi connectivity index (χ0v) is 47.3. The quantitative estimate of drug-likeness (QED) is 0.0462. The van der Waals surface area contributed by atoms with Crippen molar-refractivity contribution in [2.75, 3.05) is 57.6 Å². The molecular formula is C17H37N3Na7O15P5. The maximum atomic E-state index is 11.3. The van der Waals surface area contributed by atoms with Crippen molar-refractivity contribution in [1.29, 1.82) is 0 Å². The Morgan fingerprint density at radius 3 is 0.830 bits per heavy atom. The molecule has 0 radical (unpaired) electrons. The first-order valence-electron chi connectivity index (χ1n) is 12.2. The van der Waals surface area contributed by atoms with E-state index in [1.807, 2.05) is 0 Å². The normalized spacial score (nSPS) is 13.0. The topological polar surface area (TPSA) is 317 Å². The van der Waals surface area contributed by atoms with Crippen molar-refractivity contribution in [2.45, 2.75) is 51.4 Å². The summed E-state index contributed by atoms with van der Waals surface area (Å²) in [7, 11) is -24.3. The summed E-state index contributed by atoms with van der Waals surface area (Å²) < 4.78 is 55.3. The molecule has 0 aromatic carbocycles. The van der Waals surface area contributed by atoms with Gasteiger partial charge in [-0.15, -0.1) is 0 Å². The fourth-order valence-corrected chi connectivity index (χ4v) is 7.98. The zero-order chi connectivity index (χ0) is 31.3. The van der Waals surface area contributed by atoms with E-state index in [4.69, 9.17) is 14.7 Å². The molecule has 0 aromatic heterocycles. The predicted molar refractivity (Wildman–Crippen MR) is 131 cm³/mol. The van der Waals surface area contributed by atoms with Gasteiger partial charge in [0.1, 0.15) is 13.9 Å². The minimum Gasteiger partial charge on any atom is -0.810 e. The number of rotatable bonds is 24. The minimum atomic E-state index is -5.08. The molecule has 0 bridgehead atoms. The molecule has 0 amide bonds. The average molecular weight is 839 g/mol. The van der Waals surface area contributed by atoms with Gasteiger partial charge in [0.2, 0.25) is 0 Å². The summed E-state index contributed by atoms with van der Waals surface area (Å²) in [5, 5.41) is 0. The fraction of sp³-hybridized carbons (Fsp3) is 1.00. The molecule has 0 fully saturated rings. The third kappa shape index (κ3) is 55.8. The summed E-state index contributed by atoms with van der Waals surface area (Å²) in [4.78, 5) is 107. The Morgan fingerprint density at radius 1 is 0.362 bits per heavy atom. The molecule has 47 heavy (non-hydrogen) atoms. The van der Waals surface area contributed by atoms with Crippen molar-refractivity contribution in [3.8, 4) is 0 Å². The Labute approximate surface area is 432 Å².